The fourth-order valence-electron chi connectivity index (χ4n) is 2.23. The summed E-state index contributed by atoms with van der Waals surface area (Å²) in [5, 5.41) is 3.26. The molecule has 6 heteroatoms. The van der Waals surface area contributed by atoms with Crippen molar-refractivity contribution in [3.05, 3.63) is 18.7 Å². The SMILES string of the molecule is CC(C)(C)OC(=O)N1CCCC1CNc1cncnc1. The van der Waals surface area contributed by atoms with Crippen molar-refractivity contribution in [1.29, 1.82) is 0 Å². The van der Waals surface area contributed by atoms with Gasteiger partial charge >= 0.3 is 6.09 Å². The standard InChI is InChI=1S/C14H22N4O2/c1-14(2,3)20-13(19)18-6-4-5-12(18)9-17-11-7-15-10-16-8-11/h7-8,10,12,17H,4-6,9H2,1-3H3. The fourth-order valence-corrected chi connectivity index (χ4v) is 2.23. The summed E-state index contributed by atoms with van der Waals surface area (Å²) in [6.45, 7) is 7.10. The fraction of sp³-hybridized carbons (Fsp3) is 0.643. The minimum atomic E-state index is -0.453. The Morgan fingerprint density at radius 2 is 2.15 bits per heavy atom. The van der Waals surface area contributed by atoms with Gasteiger partial charge in [0, 0.05) is 13.1 Å². The Morgan fingerprint density at radius 3 is 2.80 bits per heavy atom. The van der Waals surface area contributed by atoms with Gasteiger partial charge < -0.3 is 15.0 Å². The van der Waals surface area contributed by atoms with Crippen LogP contribution in [0.2, 0.25) is 0 Å². The number of anilines is 1. The number of hydrogen-bond donors (Lipinski definition) is 1. The average molecular weight is 278 g/mol. The van der Waals surface area contributed by atoms with Gasteiger partial charge in [-0.2, -0.15) is 0 Å². The molecule has 1 amide bonds. The Hall–Kier alpha value is -1.85. The van der Waals surface area contributed by atoms with Crippen LogP contribution in [0.4, 0.5) is 10.5 Å². The van der Waals surface area contributed by atoms with Crippen molar-refractivity contribution < 1.29 is 9.53 Å². The molecule has 0 aliphatic carbocycles. The van der Waals surface area contributed by atoms with Gasteiger partial charge in [-0.15, -0.1) is 0 Å². The van der Waals surface area contributed by atoms with Crippen molar-refractivity contribution >= 4 is 11.8 Å². The van der Waals surface area contributed by atoms with E-state index in [1.54, 1.807) is 12.4 Å². The molecule has 20 heavy (non-hydrogen) atoms. The predicted octanol–water partition coefficient (Wildman–Crippen LogP) is 2.29. The number of carbonyl (C=O) groups is 1. The van der Waals surface area contributed by atoms with E-state index in [4.69, 9.17) is 4.74 Å². The smallest absolute Gasteiger partial charge is 0.410 e. The first-order chi connectivity index (χ1) is 9.46. The highest BCUT2D eigenvalue weighted by Gasteiger charge is 2.31. The number of nitrogens with one attached hydrogen (secondary N) is 1. The molecule has 0 aromatic carbocycles. The van der Waals surface area contributed by atoms with Crippen LogP contribution in [0.25, 0.3) is 0 Å². The van der Waals surface area contributed by atoms with E-state index in [0.29, 0.717) is 6.54 Å². The average Bonchev–Trinajstić information content (AvgIpc) is 2.84. The van der Waals surface area contributed by atoms with E-state index in [1.807, 2.05) is 25.7 Å². The minimum absolute atomic E-state index is 0.157. The zero-order chi connectivity index (χ0) is 14.6. The summed E-state index contributed by atoms with van der Waals surface area (Å²) in [4.78, 5) is 21.8. The molecule has 6 nitrogen and oxygen atoms in total. The van der Waals surface area contributed by atoms with Crippen LogP contribution in [0.5, 0.6) is 0 Å². The molecule has 1 fully saturated rings. The number of carbonyl (C=O) groups excluding carboxylic acids is 1. The summed E-state index contributed by atoms with van der Waals surface area (Å²) in [5.74, 6) is 0. The van der Waals surface area contributed by atoms with E-state index in [1.165, 1.54) is 6.33 Å². The molecule has 1 aromatic heterocycles. The van der Waals surface area contributed by atoms with Crippen LogP contribution in [0.3, 0.4) is 0 Å². The highest BCUT2D eigenvalue weighted by atomic mass is 16.6. The van der Waals surface area contributed by atoms with Gasteiger partial charge in [0.25, 0.3) is 0 Å². The number of amides is 1. The maximum atomic E-state index is 12.1. The zero-order valence-corrected chi connectivity index (χ0v) is 12.3. The number of ether oxygens (including phenoxy) is 1. The third kappa shape index (κ3) is 4.08. The molecule has 1 aromatic rings. The third-order valence-corrected chi connectivity index (χ3v) is 3.11. The van der Waals surface area contributed by atoms with Crippen molar-refractivity contribution in [3.63, 3.8) is 0 Å². The Balaban J connectivity index is 1.89. The Bertz CT molecular complexity index is 444. The van der Waals surface area contributed by atoms with Gasteiger partial charge in [0.05, 0.1) is 24.1 Å². The molecule has 0 saturated carbocycles. The van der Waals surface area contributed by atoms with Crippen LogP contribution in [-0.2, 0) is 4.74 Å². The first kappa shape index (κ1) is 14.6. The van der Waals surface area contributed by atoms with Crippen LogP contribution in [0.15, 0.2) is 18.7 Å². The van der Waals surface area contributed by atoms with E-state index in [0.717, 1.165) is 25.1 Å². The Morgan fingerprint density at radius 1 is 1.45 bits per heavy atom. The largest absolute Gasteiger partial charge is 0.444 e. The third-order valence-electron chi connectivity index (χ3n) is 3.11. The number of likely N-dealkylation sites (tertiary alicyclic amines) is 1. The Labute approximate surface area is 119 Å². The first-order valence-corrected chi connectivity index (χ1v) is 6.94. The number of hydrogen-bond acceptors (Lipinski definition) is 5. The predicted molar refractivity (Wildman–Crippen MR) is 76.5 cm³/mol. The van der Waals surface area contributed by atoms with Crippen LogP contribution in [-0.4, -0.2) is 45.7 Å². The molecule has 1 atom stereocenters. The molecule has 0 spiro atoms. The van der Waals surface area contributed by atoms with Gasteiger partial charge in [-0.05, 0) is 33.6 Å². The van der Waals surface area contributed by atoms with Gasteiger partial charge in [0.1, 0.15) is 11.9 Å². The molecule has 1 N–H and O–H groups in total. The van der Waals surface area contributed by atoms with Crippen LogP contribution < -0.4 is 5.32 Å². The quantitative estimate of drug-likeness (QED) is 0.918. The lowest BCUT2D eigenvalue weighted by Gasteiger charge is -2.28. The van der Waals surface area contributed by atoms with Crippen molar-refractivity contribution in [1.82, 2.24) is 14.9 Å². The van der Waals surface area contributed by atoms with E-state index >= 15 is 0 Å². The van der Waals surface area contributed by atoms with Gasteiger partial charge in [0.2, 0.25) is 0 Å². The lowest BCUT2D eigenvalue weighted by Crippen LogP contribution is -2.42. The van der Waals surface area contributed by atoms with Crippen LogP contribution >= 0.6 is 0 Å². The second-order valence-corrected chi connectivity index (χ2v) is 5.98. The molecular weight excluding hydrogens is 256 g/mol. The van der Waals surface area contributed by atoms with Crippen molar-refractivity contribution in [2.75, 3.05) is 18.4 Å². The number of aromatic nitrogens is 2. The molecular formula is C14H22N4O2. The molecule has 1 saturated heterocycles. The maximum absolute atomic E-state index is 12.1. The van der Waals surface area contributed by atoms with E-state index < -0.39 is 5.60 Å². The first-order valence-electron chi connectivity index (χ1n) is 6.94. The van der Waals surface area contributed by atoms with Gasteiger partial charge in [-0.3, -0.25) is 0 Å². The normalized spacial score (nSPS) is 18.9. The highest BCUT2D eigenvalue weighted by molar-refractivity contribution is 5.69. The summed E-state index contributed by atoms with van der Waals surface area (Å²) in [6, 6.07) is 0.157. The van der Waals surface area contributed by atoms with Crippen molar-refractivity contribution in [3.8, 4) is 0 Å². The maximum Gasteiger partial charge on any atom is 0.410 e. The number of nitrogens with zero attached hydrogens (tertiary/aromatic N) is 3. The lowest BCUT2D eigenvalue weighted by atomic mass is 10.2. The van der Waals surface area contributed by atoms with E-state index in [-0.39, 0.29) is 12.1 Å². The summed E-state index contributed by atoms with van der Waals surface area (Å²) < 4.78 is 5.44. The molecule has 1 unspecified atom stereocenters. The second kappa shape index (κ2) is 6.07. The van der Waals surface area contributed by atoms with Gasteiger partial charge in [-0.25, -0.2) is 14.8 Å². The van der Waals surface area contributed by atoms with Crippen molar-refractivity contribution in [2.24, 2.45) is 0 Å². The van der Waals surface area contributed by atoms with E-state index in [2.05, 4.69) is 15.3 Å². The van der Waals surface area contributed by atoms with Crippen molar-refractivity contribution in [2.45, 2.75) is 45.3 Å². The molecule has 1 aliphatic heterocycles. The molecule has 0 radical (unpaired) electrons. The topological polar surface area (TPSA) is 67.3 Å². The van der Waals surface area contributed by atoms with Gasteiger partial charge in [0.15, 0.2) is 0 Å². The summed E-state index contributed by atoms with van der Waals surface area (Å²) in [7, 11) is 0. The molecule has 2 heterocycles. The molecule has 1 aliphatic rings. The molecule has 0 bridgehead atoms. The second-order valence-electron chi connectivity index (χ2n) is 5.98. The summed E-state index contributed by atoms with van der Waals surface area (Å²) in [6.07, 6.45) is 6.70. The molecule has 2 rings (SSSR count). The van der Waals surface area contributed by atoms with E-state index in [9.17, 15) is 4.79 Å². The zero-order valence-electron chi connectivity index (χ0n) is 12.3. The highest BCUT2D eigenvalue weighted by Crippen LogP contribution is 2.21. The van der Waals surface area contributed by atoms with Gasteiger partial charge in [-0.1, -0.05) is 0 Å². The monoisotopic (exact) mass is 278 g/mol. The number of rotatable bonds is 3. The summed E-state index contributed by atoms with van der Waals surface area (Å²) >= 11 is 0. The van der Waals surface area contributed by atoms with Crippen LogP contribution in [0.1, 0.15) is 33.6 Å². The Kier molecular flexibility index (Phi) is 4.42. The molecule has 110 valence electrons. The summed E-state index contributed by atoms with van der Waals surface area (Å²) in [5.41, 5.74) is 0.411. The minimum Gasteiger partial charge on any atom is -0.444 e. The van der Waals surface area contributed by atoms with Crippen LogP contribution in [0, 0.1) is 0 Å². The lowest BCUT2D eigenvalue weighted by molar-refractivity contribution is 0.0235.